The van der Waals surface area contributed by atoms with Crippen molar-refractivity contribution in [1.82, 2.24) is 4.90 Å². The van der Waals surface area contributed by atoms with Gasteiger partial charge in [-0.25, -0.2) is 0 Å². The van der Waals surface area contributed by atoms with E-state index in [0.29, 0.717) is 6.61 Å². The molecule has 1 fully saturated rings. The molecular formula is C16H21NO4. The van der Waals surface area contributed by atoms with Crippen LogP contribution in [0, 0.1) is 5.92 Å². The highest BCUT2D eigenvalue weighted by Gasteiger charge is 2.34. The maximum Gasteiger partial charge on any atom is 0.305 e. The molecule has 1 saturated heterocycles. The van der Waals surface area contributed by atoms with Crippen LogP contribution in [0.25, 0.3) is 0 Å². The quantitative estimate of drug-likeness (QED) is 0.902. The maximum atomic E-state index is 12.5. The van der Waals surface area contributed by atoms with Crippen LogP contribution < -0.4 is 0 Å². The van der Waals surface area contributed by atoms with Gasteiger partial charge in [0.1, 0.15) is 0 Å². The highest BCUT2D eigenvalue weighted by atomic mass is 16.5. The second kappa shape index (κ2) is 7.22. The van der Waals surface area contributed by atoms with Crippen molar-refractivity contribution >= 4 is 11.9 Å². The van der Waals surface area contributed by atoms with Gasteiger partial charge in [-0.3, -0.25) is 9.59 Å². The van der Waals surface area contributed by atoms with Crippen LogP contribution in [0.5, 0.6) is 0 Å². The monoisotopic (exact) mass is 291 g/mol. The number of hydrogen-bond donors (Lipinski definition) is 1. The summed E-state index contributed by atoms with van der Waals surface area (Å²) in [6.45, 7) is 0.883. The summed E-state index contributed by atoms with van der Waals surface area (Å²) in [6, 6.07) is 9.73. The van der Waals surface area contributed by atoms with E-state index >= 15 is 0 Å². The molecule has 1 heterocycles. The van der Waals surface area contributed by atoms with Crippen LogP contribution in [0.4, 0.5) is 0 Å². The SMILES string of the molecule is CN(CCC(=O)O)C(=O)[C@H]1CCCO[C@@H]1c1ccccc1. The number of carboxylic acids is 1. The minimum atomic E-state index is -0.894. The lowest BCUT2D eigenvalue weighted by Gasteiger charge is -2.33. The van der Waals surface area contributed by atoms with Crippen molar-refractivity contribution in [2.24, 2.45) is 5.92 Å². The largest absolute Gasteiger partial charge is 0.481 e. The number of amides is 1. The van der Waals surface area contributed by atoms with Gasteiger partial charge in [0.25, 0.3) is 0 Å². The fourth-order valence-electron chi connectivity index (χ4n) is 2.66. The van der Waals surface area contributed by atoms with E-state index in [1.54, 1.807) is 7.05 Å². The van der Waals surface area contributed by atoms with Gasteiger partial charge >= 0.3 is 5.97 Å². The first-order valence-corrected chi connectivity index (χ1v) is 7.23. The topological polar surface area (TPSA) is 66.8 Å². The highest BCUT2D eigenvalue weighted by molar-refractivity contribution is 5.80. The number of carboxylic acid groups (broad SMARTS) is 1. The second-order valence-corrected chi connectivity index (χ2v) is 5.35. The number of nitrogens with zero attached hydrogens (tertiary/aromatic N) is 1. The Morgan fingerprint density at radius 2 is 2.05 bits per heavy atom. The molecule has 1 aromatic rings. The molecule has 0 spiro atoms. The molecule has 2 rings (SSSR count). The number of hydrogen-bond acceptors (Lipinski definition) is 3. The molecule has 0 unspecified atom stereocenters. The second-order valence-electron chi connectivity index (χ2n) is 5.35. The van der Waals surface area contributed by atoms with Crippen molar-refractivity contribution in [1.29, 1.82) is 0 Å². The zero-order chi connectivity index (χ0) is 15.2. The Kier molecular flexibility index (Phi) is 5.33. The lowest BCUT2D eigenvalue weighted by atomic mass is 9.88. The van der Waals surface area contributed by atoms with E-state index in [1.165, 1.54) is 4.90 Å². The molecule has 0 aliphatic carbocycles. The van der Waals surface area contributed by atoms with Crippen molar-refractivity contribution in [2.45, 2.75) is 25.4 Å². The van der Waals surface area contributed by atoms with Crippen LogP contribution >= 0.6 is 0 Å². The van der Waals surface area contributed by atoms with E-state index in [4.69, 9.17) is 9.84 Å². The van der Waals surface area contributed by atoms with Crippen molar-refractivity contribution in [3.63, 3.8) is 0 Å². The molecule has 1 N–H and O–H groups in total. The Balaban J connectivity index is 2.07. The first-order chi connectivity index (χ1) is 10.1. The number of rotatable bonds is 5. The fourth-order valence-corrected chi connectivity index (χ4v) is 2.66. The summed E-state index contributed by atoms with van der Waals surface area (Å²) >= 11 is 0. The smallest absolute Gasteiger partial charge is 0.305 e. The van der Waals surface area contributed by atoms with Gasteiger partial charge in [-0.1, -0.05) is 30.3 Å². The van der Waals surface area contributed by atoms with E-state index in [0.717, 1.165) is 18.4 Å². The first kappa shape index (κ1) is 15.5. The number of benzene rings is 1. The van der Waals surface area contributed by atoms with E-state index in [9.17, 15) is 9.59 Å². The average Bonchev–Trinajstić information content (AvgIpc) is 2.52. The molecule has 0 saturated carbocycles. The average molecular weight is 291 g/mol. The van der Waals surface area contributed by atoms with Crippen LogP contribution in [0.15, 0.2) is 30.3 Å². The summed E-state index contributed by atoms with van der Waals surface area (Å²) in [5, 5.41) is 8.72. The maximum absolute atomic E-state index is 12.5. The predicted molar refractivity (Wildman–Crippen MR) is 77.7 cm³/mol. The molecule has 0 radical (unpaired) electrons. The first-order valence-electron chi connectivity index (χ1n) is 7.23. The number of carbonyl (C=O) groups is 2. The van der Waals surface area contributed by atoms with Crippen LogP contribution in [-0.2, 0) is 14.3 Å². The van der Waals surface area contributed by atoms with Crippen LogP contribution in [0.1, 0.15) is 30.9 Å². The molecule has 1 aliphatic rings. The summed E-state index contributed by atoms with van der Waals surface area (Å²) in [5.74, 6) is -1.17. The van der Waals surface area contributed by atoms with Crippen molar-refractivity contribution in [3.05, 3.63) is 35.9 Å². The Bertz CT molecular complexity index is 488. The van der Waals surface area contributed by atoms with Crippen molar-refractivity contribution in [3.8, 4) is 0 Å². The molecule has 1 amide bonds. The zero-order valence-corrected chi connectivity index (χ0v) is 12.2. The Morgan fingerprint density at radius 3 is 2.71 bits per heavy atom. The van der Waals surface area contributed by atoms with E-state index in [-0.39, 0.29) is 30.9 Å². The molecule has 1 aliphatic heterocycles. The summed E-state index contributed by atoms with van der Waals surface area (Å²) < 4.78 is 5.81. The van der Waals surface area contributed by atoms with Gasteiger partial charge < -0.3 is 14.7 Å². The zero-order valence-electron chi connectivity index (χ0n) is 12.2. The summed E-state index contributed by atoms with van der Waals surface area (Å²) in [6.07, 6.45) is 1.36. The molecule has 5 nitrogen and oxygen atoms in total. The van der Waals surface area contributed by atoms with E-state index in [2.05, 4.69) is 0 Å². The standard InChI is InChI=1S/C16H21NO4/c1-17(10-9-14(18)19)16(20)13-8-5-11-21-15(13)12-6-3-2-4-7-12/h2-4,6-7,13,15H,5,8-11H2,1H3,(H,18,19)/t13-,15+/m0/s1. The van der Waals surface area contributed by atoms with Gasteiger partial charge in [0, 0.05) is 20.2 Å². The van der Waals surface area contributed by atoms with Gasteiger partial charge in [-0.2, -0.15) is 0 Å². The van der Waals surface area contributed by atoms with Crippen LogP contribution in [0.2, 0.25) is 0 Å². The van der Waals surface area contributed by atoms with Crippen LogP contribution in [-0.4, -0.2) is 42.1 Å². The third-order valence-electron chi connectivity index (χ3n) is 3.80. The molecule has 1 aromatic carbocycles. The summed E-state index contributed by atoms with van der Waals surface area (Å²) in [7, 11) is 1.65. The molecule has 114 valence electrons. The number of aliphatic carboxylic acids is 1. The van der Waals surface area contributed by atoms with Crippen molar-refractivity contribution in [2.75, 3.05) is 20.2 Å². The predicted octanol–water partition coefficient (Wildman–Crippen LogP) is 2.09. The highest BCUT2D eigenvalue weighted by Crippen LogP contribution is 2.34. The third kappa shape index (κ3) is 4.04. The Morgan fingerprint density at radius 1 is 1.33 bits per heavy atom. The normalized spacial score (nSPS) is 21.8. The van der Waals surface area contributed by atoms with Gasteiger partial charge in [0.15, 0.2) is 0 Å². The van der Waals surface area contributed by atoms with Gasteiger partial charge in [0.05, 0.1) is 18.4 Å². The summed E-state index contributed by atoms with van der Waals surface area (Å²) in [4.78, 5) is 24.7. The minimum absolute atomic E-state index is 0.0359. The fraction of sp³-hybridized carbons (Fsp3) is 0.500. The van der Waals surface area contributed by atoms with E-state index in [1.807, 2.05) is 30.3 Å². The number of ether oxygens (including phenoxy) is 1. The third-order valence-corrected chi connectivity index (χ3v) is 3.80. The summed E-state index contributed by atoms with van der Waals surface area (Å²) in [5.41, 5.74) is 1.00. The van der Waals surface area contributed by atoms with Gasteiger partial charge in [-0.15, -0.1) is 0 Å². The number of carbonyl (C=O) groups excluding carboxylic acids is 1. The molecule has 2 atom stereocenters. The molecule has 5 heteroatoms. The Hall–Kier alpha value is -1.88. The lowest BCUT2D eigenvalue weighted by molar-refractivity contribution is -0.145. The molecular weight excluding hydrogens is 270 g/mol. The van der Waals surface area contributed by atoms with E-state index < -0.39 is 5.97 Å². The molecule has 0 bridgehead atoms. The molecule has 0 aromatic heterocycles. The van der Waals surface area contributed by atoms with Crippen LogP contribution in [0.3, 0.4) is 0 Å². The minimum Gasteiger partial charge on any atom is -0.481 e. The van der Waals surface area contributed by atoms with Gasteiger partial charge in [0.2, 0.25) is 5.91 Å². The van der Waals surface area contributed by atoms with Crippen molar-refractivity contribution < 1.29 is 19.4 Å². The Labute approximate surface area is 124 Å². The lowest BCUT2D eigenvalue weighted by Crippen LogP contribution is -2.39. The van der Waals surface area contributed by atoms with Gasteiger partial charge in [-0.05, 0) is 18.4 Å². The molecule has 21 heavy (non-hydrogen) atoms.